The standard InChI is InChI=1S/C11H22N2OS/c1-3-5-6-10(12)11(14)13-7-9-15-8-4-2/h4,10H,2-3,5-9,12H2,1H3,(H,13,14)/t10-/m0/s1. The van der Waals surface area contributed by atoms with E-state index in [1.807, 2.05) is 6.08 Å². The Balaban J connectivity index is 3.42. The highest BCUT2D eigenvalue weighted by molar-refractivity contribution is 7.99. The lowest BCUT2D eigenvalue weighted by Crippen LogP contribution is -2.41. The molecule has 15 heavy (non-hydrogen) atoms. The fourth-order valence-electron chi connectivity index (χ4n) is 1.10. The number of unbranched alkanes of at least 4 members (excludes halogenated alkanes) is 1. The van der Waals surface area contributed by atoms with Gasteiger partial charge in [-0.3, -0.25) is 4.79 Å². The molecule has 0 aromatic rings. The summed E-state index contributed by atoms with van der Waals surface area (Å²) in [6.07, 6.45) is 4.73. The SMILES string of the molecule is C=CCSCCNC(=O)[C@@H](N)CCCC. The predicted octanol–water partition coefficient (Wildman–Crippen LogP) is 1.54. The van der Waals surface area contributed by atoms with Gasteiger partial charge in [-0.25, -0.2) is 0 Å². The maximum Gasteiger partial charge on any atom is 0.236 e. The molecule has 0 aliphatic rings. The molecule has 1 amide bonds. The van der Waals surface area contributed by atoms with Crippen LogP contribution in [0.3, 0.4) is 0 Å². The molecule has 88 valence electrons. The van der Waals surface area contributed by atoms with Crippen molar-refractivity contribution in [3.63, 3.8) is 0 Å². The number of hydrogen-bond donors (Lipinski definition) is 2. The molecule has 4 heteroatoms. The quantitative estimate of drug-likeness (QED) is 0.466. The van der Waals surface area contributed by atoms with Crippen LogP contribution in [0.25, 0.3) is 0 Å². The van der Waals surface area contributed by atoms with Crippen LogP contribution in [0.4, 0.5) is 0 Å². The fourth-order valence-corrected chi connectivity index (χ4v) is 1.68. The van der Waals surface area contributed by atoms with Gasteiger partial charge in [0.25, 0.3) is 0 Å². The Morgan fingerprint density at radius 2 is 2.40 bits per heavy atom. The van der Waals surface area contributed by atoms with Crippen molar-refractivity contribution in [1.29, 1.82) is 0 Å². The van der Waals surface area contributed by atoms with Crippen LogP contribution in [-0.4, -0.2) is 30.0 Å². The molecule has 0 saturated carbocycles. The Bertz CT molecular complexity index is 185. The number of carbonyl (C=O) groups excluding carboxylic acids is 1. The smallest absolute Gasteiger partial charge is 0.236 e. The summed E-state index contributed by atoms with van der Waals surface area (Å²) in [6, 6.07) is -0.339. The summed E-state index contributed by atoms with van der Waals surface area (Å²) in [5, 5.41) is 2.83. The molecule has 0 spiro atoms. The summed E-state index contributed by atoms with van der Waals surface area (Å²) in [5.74, 6) is 1.82. The first-order chi connectivity index (χ1) is 7.22. The lowest BCUT2D eigenvalue weighted by atomic mass is 10.1. The monoisotopic (exact) mass is 230 g/mol. The highest BCUT2D eigenvalue weighted by Gasteiger charge is 2.11. The van der Waals surface area contributed by atoms with E-state index in [1.54, 1.807) is 11.8 Å². The van der Waals surface area contributed by atoms with Crippen molar-refractivity contribution in [3.8, 4) is 0 Å². The van der Waals surface area contributed by atoms with Gasteiger partial charge in [0.1, 0.15) is 0 Å². The number of carbonyl (C=O) groups is 1. The highest BCUT2D eigenvalue weighted by atomic mass is 32.2. The van der Waals surface area contributed by atoms with Crippen molar-refractivity contribution in [2.75, 3.05) is 18.1 Å². The molecular formula is C11H22N2OS. The minimum Gasteiger partial charge on any atom is -0.354 e. The van der Waals surface area contributed by atoms with Crippen LogP contribution in [0.5, 0.6) is 0 Å². The van der Waals surface area contributed by atoms with Gasteiger partial charge >= 0.3 is 0 Å². The third-order valence-corrected chi connectivity index (χ3v) is 2.95. The van der Waals surface area contributed by atoms with E-state index in [0.29, 0.717) is 6.54 Å². The first kappa shape index (κ1) is 14.5. The van der Waals surface area contributed by atoms with Crippen LogP contribution in [0.15, 0.2) is 12.7 Å². The number of hydrogen-bond acceptors (Lipinski definition) is 3. The van der Waals surface area contributed by atoms with E-state index in [4.69, 9.17) is 5.73 Å². The normalized spacial score (nSPS) is 12.1. The number of nitrogens with one attached hydrogen (secondary N) is 1. The Labute approximate surface area is 96.9 Å². The first-order valence-electron chi connectivity index (χ1n) is 5.44. The first-order valence-corrected chi connectivity index (χ1v) is 6.59. The summed E-state index contributed by atoms with van der Waals surface area (Å²) < 4.78 is 0. The van der Waals surface area contributed by atoms with Crippen LogP contribution >= 0.6 is 11.8 Å². The molecular weight excluding hydrogens is 208 g/mol. The molecule has 0 fully saturated rings. The Kier molecular flexibility index (Phi) is 9.73. The molecule has 0 radical (unpaired) electrons. The molecule has 3 N–H and O–H groups in total. The van der Waals surface area contributed by atoms with Gasteiger partial charge in [0.15, 0.2) is 0 Å². The van der Waals surface area contributed by atoms with E-state index >= 15 is 0 Å². The van der Waals surface area contributed by atoms with Gasteiger partial charge in [-0.05, 0) is 6.42 Å². The zero-order chi connectivity index (χ0) is 11.5. The van der Waals surface area contributed by atoms with Gasteiger partial charge < -0.3 is 11.1 Å². The predicted molar refractivity (Wildman–Crippen MR) is 68.0 cm³/mol. The van der Waals surface area contributed by atoms with E-state index in [2.05, 4.69) is 18.8 Å². The van der Waals surface area contributed by atoms with Gasteiger partial charge in [0.05, 0.1) is 6.04 Å². The summed E-state index contributed by atoms with van der Waals surface area (Å²) in [7, 11) is 0. The van der Waals surface area contributed by atoms with Crippen LogP contribution in [0.2, 0.25) is 0 Å². The van der Waals surface area contributed by atoms with Crippen molar-refractivity contribution >= 4 is 17.7 Å². The molecule has 0 heterocycles. The fraction of sp³-hybridized carbons (Fsp3) is 0.727. The molecule has 0 bridgehead atoms. The van der Waals surface area contributed by atoms with Crippen molar-refractivity contribution in [2.24, 2.45) is 5.73 Å². The van der Waals surface area contributed by atoms with Crippen molar-refractivity contribution in [1.82, 2.24) is 5.32 Å². The van der Waals surface area contributed by atoms with Crippen molar-refractivity contribution in [2.45, 2.75) is 32.2 Å². The Morgan fingerprint density at radius 1 is 1.67 bits per heavy atom. The average Bonchev–Trinajstić information content (AvgIpc) is 2.25. The van der Waals surface area contributed by atoms with E-state index in [-0.39, 0.29) is 11.9 Å². The molecule has 1 atom stereocenters. The van der Waals surface area contributed by atoms with Crippen LogP contribution in [0.1, 0.15) is 26.2 Å². The number of amides is 1. The minimum absolute atomic E-state index is 0.0253. The van der Waals surface area contributed by atoms with Crippen molar-refractivity contribution < 1.29 is 4.79 Å². The zero-order valence-corrected chi connectivity index (χ0v) is 10.3. The maximum absolute atomic E-state index is 11.4. The van der Waals surface area contributed by atoms with Gasteiger partial charge in [-0.2, -0.15) is 11.8 Å². The maximum atomic E-state index is 11.4. The lowest BCUT2D eigenvalue weighted by Gasteiger charge is -2.11. The molecule has 0 unspecified atom stereocenters. The number of thioether (sulfide) groups is 1. The Morgan fingerprint density at radius 3 is 3.00 bits per heavy atom. The minimum atomic E-state index is -0.339. The topological polar surface area (TPSA) is 55.1 Å². The van der Waals surface area contributed by atoms with Gasteiger partial charge in [-0.15, -0.1) is 6.58 Å². The van der Waals surface area contributed by atoms with Gasteiger partial charge in [0.2, 0.25) is 5.91 Å². The summed E-state index contributed by atoms with van der Waals surface area (Å²) in [5.41, 5.74) is 5.71. The van der Waals surface area contributed by atoms with Gasteiger partial charge in [0, 0.05) is 18.1 Å². The van der Waals surface area contributed by atoms with Crippen LogP contribution in [-0.2, 0) is 4.79 Å². The van der Waals surface area contributed by atoms with Crippen LogP contribution in [0, 0.1) is 0 Å². The third kappa shape index (κ3) is 8.51. The highest BCUT2D eigenvalue weighted by Crippen LogP contribution is 1.99. The number of nitrogens with two attached hydrogens (primary N) is 1. The van der Waals surface area contributed by atoms with Gasteiger partial charge in [-0.1, -0.05) is 25.8 Å². The lowest BCUT2D eigenvalue weighted by molar-refractivity contribution is -0.122. The van der Waals surface area contributed by atoms with E-state index in [0.717, 1.165) is 30.8 Å². The number of rotatable bonds is 9. The average molecular weight is 230 g/mol. The third-order valence-electron chi connectivity index (χ3n) is 1.99. The summed E-state index contributed by atoms with van der Waals surface area (Å²) in [6.45, 7) is 6.41. The summed E-state index contributed by atoms with van der Waals surface area (Å²) >= 11 is 1.75. The Hall–Kier alpha value is -0.480. The zero-order valence-electron chi connectivity index (χ0n) is 9.50. The molecule has 0 aromatic heterocycles. The molecule has 0 aliphatic heterocycles. The second-order valence-corrected chi connectivity index (χ2v) is 4.55. The second kappa shape index (κ2) is 10.1. The molecule has 0 aliphatic carbocycles. The molecule has 0 saturated heterocycles. The molecule has 0 rings (SSSR count). The van der Waals surface area contributed by atoms with E-state index in [9.17, 15) is 4.79 Å². The molecule has 3 nitrogen and oxygen atoms in total. The van der Waals surface area contributed by atoms with Crippen LogP contribution < -0.4 is 11.1 Å². The van der Waals surface area contributed by atoms with E-state index < -0.39 is 0 Å². The summed E-state index contributed by atoms with van der Waals surface area (Å²) in [4.78, 5) is 11.4. The van der Waals surface area contributed by atoms with Crippen molar-refractivity contribution in [3.05, 3.63) is 12.7 Å². The van der Waals surface area contributed by atoms with E-state index in [1.165, 1.54) is 0 Å². The second-order valence-electron chi connectivity index (χ2n) is 3.40. The largest absolute Gasteiger partial charge is 0.354 e. The molecule has 0 aromatic carbocycles.